The maximum absolute atomic E-state index is 14.1. The van der Waals surface area contributed by atoms with Crippen LogP contribution >= 0.6 is 11.6 Å². The van der Waals surface area contributed by atoms with Crippen molar-refractivity contribution in [3.63, 3.8) is 0 Å². The highest BCUT2D eigenvalue weighted by atomic mass is 35.5. The number of rotatable bonds is 6. The molecule has 2 rings (SSSR count). The Kier molecular flexibility index (Phi) is 5.53. The van der Waals surface area contributed by atoms with Crippen LogP contribution in [0.1, 0.15) is 24.1 Å². The molecular weight excluding hydrogens is 291 g/mol. The van der Waals surface area contributed by atoms with Gasteiger partial charge in [-0.15, -0.1) is 0 Å². The van der Waals surface area contributed by atoms with Gasteiger partial charge in [-0.25, -0.2) is 9.37 Å². The van der Waals surface area contributed by atoms with Crippen molar-refractivity contribution in [1.82, 2.24) is 10.3 Å². The topological polar surface area (TPSA) is 34.2 Å². The van der Waals surface area contributed by atoms with Crippen molar-refractivity contribution in [2.45, 2.75) is 19.4 Å². The average Bonchev–Trinajstić information content (AvgIpc) is 2.51. The number of ether oxygens (including phenoxy) is 1. The predicted octanol–water partition coefficient (Wildman–Crippen LogP) is 3.78. The fourth-order valence-corrected chi connectivity index (χ4v) is 2.50. The van der Waals surface area contributed by atoms with Gasteiger partial charge < -0.3 is 10.1 Å². The zero-order valence-corrected chi connectivity index (χ0v) is 12.8. The molecule has 0 aliphatic heterocycles. The molecular formula is C16H18ClFN2O. The summed E-state index contributed by atoms with van der Waals surface area (Å²) in [6.07, 6.45) is 2.15. The Morgan fingerprint density at radius 1 is 1.33 bits per heavy atom. The van der Waals surface area contributed by atoms with Crippen LogP contribution in [0.25, 0.3) is 0 Å². The van der Waals surface area contributed by atoms with Crippen LogP contribution in [-0.4, -0.2) is 18.6 Å². The normalized spacial score (nSPS) is 12.2. The number of nitrogens with one attached hydrogen (secondary N) is 1. The summed E-state index contributed by atoms with van der Waals surface area (Å²) >= 11 is 5.85. The third-order valence-corrected chi connectivity index (χ3v) is 3.57. The minimum absolute atomic E-state index is 0.0911. The number of benzene rings is 1. The van der Waals surface area contributed by atoms with Crippen molar-refractivity contribution in [2.24, 2.45) is 0 Å². The third kappa shape index (κ3) is 3.71. The van der Waals surface area contributed by atoms with Gasteiger partial charge in [0.05, 0.1) is 12.1 Å². The van der Waals surface area contributed by atoms with E-state index in [9.17, 15) is 4.39 Å². The summed E-state index contributed by atoms with van der Waals surface area (Å²) in [4.78, 5) is 4.20. The molecule has 1 aromatic heterocycles. The largest absolute Gasteiger partial charge is 0.481 e. The van der Waals surface area contributed by atoms with Gasteiger partial charge >= 0.3 is 0 Å². The second-order valence-electron chi connectivity index (χ2n) is 4.63. The monoisotopic (exact) mass is 308 g/mol. The summed E-state index contributed by atoms with van der Waals surface area (Å²) in [5.74, 6) is 0.177. The summed E-state index contributed by atoms with van der Waals surface area (Å²) < 4.78 is 19.4. The van der Waals surface area contributed by atoms with E-state index in [0.29, 0.717) is 17.9 Å². The predicted molar refractivity (Wildman–Crippen MR) is 82.3 cm³/mol. The summed E-state index contributed by atoms with van der Waals surface area (Å²) in [6.45, 7) is 2.76. The van der Waals surface area contributed by atoms with Crippen LogP contribution in [0.3, 0.4) is 0 Å². The van der Waals surface area contributed by atoms with Gasteiger partial charge in [0, 0.05) is 17.8 Å². The first-order valence-corrected chi connectivity index (χ1v) is 7.20. The van der Waals surface area contributed by atoms with E-state index in [0.717, 1.165) is 12.1 Å². The number of halogens is 2. The zero-order valence-electron chi connectivity index (χ0n) is 12.1. The molecule has 0 saturated heterocycles. The number of hydrogen-bond acceptors (Lipinski definition) is 3. The number of hydrogen-bond donors (Lipinski definition) is 1. The number of nitrogens with zero attached hydrogens (tertiary/aromatic N) is 1. The molecule has 2 aromatic rings. The van der Waals surface area contributed by atoms with E-state index in [1.807, 2.05) is 19.1 Å². The zero-order chi connectivity index (χ0) is 15.2. The fourth-order valence-electron chi connectivity index (χ4n) is 2.30. The summed E-state index contributed by atoms with van der Waals surface area (Å²) in [6, 6.07) is 8.73. The van der Waals surface area contributed by atoms with Gasteiger partial charge in [0.2, 0.25) is 5.88 Å². The van der Waals surface area contributed by atoms with Crippen LogP contribution in [0.15, 0.2) is 36.5 Å². The van der Waals surface area contributed by atoms with E-state index in [4.69, 9.17) is 16.3 Å². The van der Waals surface area contributed by atoms with Crippen molar-refractivity contribution in [3.05, 3.63) is 58.5 Å². The van der Waals surface area contributed by atoms with E-state index < -0.39 is 0 Å². The highest BCUT2D eigenvalue weighted by Crippen LogP contribution is 2.28. The maximum atomic E-state index is 14.1. The minimum atomic E-state index is -0.370. The minimum Gasteiger partial charge on any atom is -0.481 e. The van der Waals surface area contributed by atoms with Crippen molar-refractivity contribution >= 4 is 11.6 Å². The van der Waals surface area contributed by atoms with Crippen molar-refractivity contribution in [3.8, 4) is 5.88 Å². The van der Waals surface area contributed by atoms with Crippen LogP contribution < -0.4 is 10.1 Å². The highest BCUT2D eigenvalue weighted by Gasteiger charge is 2.18. The second kappa shape index (κ2) is 7.38. The Bertz CT molecular complexity index is 607. The number of likely N-dealkylation sites (N-methyl/N-ethyl adjacent to an activating group) is 1. The van der Waals surface area contributed by atoms with Gasteiger partial charge in [-0.2, -0.15) is 0 Å². The van der Waals surface area contributed by atoms with Gasteiger partial charge in [0.1, 0.15) is 5.82 Å². The molecule has 1 heterocycles. The van der Waals surface area contributed by atoms with Crippen molar-refractivity contribution in [1.29, 1.82) is 0 Å². The van der Waals surface area contributed by atoms with Gasteiger partial charge in [-0.05, 0) is 30.7 Å². The molecule has 0 bridgehead atoms. The highest BCUT2D eigenvalue weighted by molar-refractivity contribution is 6.30. The van der Waals surface area contributed by atoms with Crippen LogP contribution in [0, 0.1) is 5.82 Å². The van der Waals surface area contributed by atoms with Crippen molar-refractivity contribution < 1.29 is 9.13 Å². The molecule has 112 valence electrons. The van der Waals surface area contributed by atoms with E-state index in [1.165, 1.54) is 0 Å². The first kappa shape index (κ1) is 15.7. The van der Waals surface area contributed by atoms with Gasteiger partial charge in [-0.1, -0.05) is 36.7 Å². The molecule has 0 spiro atoms. The number of pyridine rings is 1. The average molecular weight is 309 g/mol. The lowest BCUT2D eigenvalue weighted by Crippen LogP contribution is -2.24. The van der Waals surface area contributed by atoms with E-state index in [-0.39, 0.29) is 16.9 Å². The second-order valence-corrected chi connectivity index (χ2v) is 5.04. The summed E-state index contributed by atoms with van der Waals surface area (Å²) in [7, 11) is 1.58. The molecule has 0 radical (unpaired) electrons. The standard InChI is InChI=1S/C16H18ClFN2O/c1-3-19-14(12-7-5-9-20-16(12)21-2)10-11-6-4-8-13(17)15(11)18/h4-9,14,19H,3,10H2,1-2H3. The Labute approximate surface area is 129 Å². The van der Waals surface area contributed by atoms with Gasteiger partial charge in [0.15, 0.2) is 0 Å². The molecule has 1 atom stereocenters. The van der Waals surface area contributed by atoms with Crippen LogP contribution in [0.2, 0.25) is 5.02 Å². The Morgan fingerprint density at radius 3 is 2.86 bits per heavy atom. The van der Waals surface area contributed by atoms with Crippen molar-refractivity contribution in [2.75, 3.05) is 13.7 Å². The molecule has 5 heteroatoms. The van der Waals surface area contributed by atoms with Crippen LogP contribution in [0.5, 0.6) is 5.88 Å². The molecule has 0 aliphatic rings. The first-order chi connectivity index (χ1) is 10.2. The third-order valence-electron chi connectivity index (χ3n) is 3.28. The Balaban J connectivity index is 2.33. The molecule has 0 amide bonds. The number of methoxy groups -OCH3 is 1. The van der Waals surface area contributed by atoms with E-state index >= 15 is 0 Å². The van der Waals surface area contributed by atoms with Gasteiger partial charge in [-0.3, -0.25) is 0 Å². The molecule has 1 unspecified atom stereocenters. The van der Waals surface area contributed by atoms with Gasteiger partial charge in [0.25, 0.3) is 0 Å². The molecule has 0 aliphatic carbocycles. The molecule has 1 aromatic carbocycles. The smallest absolute Gasteiger partial charge is 0.217 e. The first-order valence-electron chi connectivity index (χ1n) is 6.82. The molecule has 21 heavy (non-hydrogen) atoms. The summed E-state index contributed by atoms with van der Waals surface area (Å²) in [5, 5.41) is 3.48. The Hall–Kier alpha value is -1.65. The molecule has 0 saturated carbocycles. The lowest BCUT2D eigenvalue weighted by atomic mass is 9.99. The Morgan fingerprint density at radius 2 is 2.14 bits per heavy atom. The lowest BCUT2D eigenvalue weighted by molar-refractivity contribution is 0.382. The lowest BCUT2D eigenvalue weighted by Gasteiger charge is -2.20. The number of aromatic nitrogens is 1. The molecule has 0 fully saturated rings. The van der Waals surface area contributed by atoms with E-state index in [1.54, 1.807) is 31.5 Å². The van der Waals surface area contributed by atoms with Crippen LogP contribution in [0.4, 0.5) is 4.39 Å². The molecule has 1 N–H and O–H groups in total. The SMILES string of the molecule is CCNC(Cc1cccc(Cl)c1F)c1cccnc1OC. The van der Waals surface area contributed by atoms with Crippen LogP contribution in [-0.2, 0) is 6.42 Å². The fraction of sp³-hybridized carbons (Fsp3) is 0.312. The van der Waals surface area contributed by atoms with E-state index in [2.05, 4.69) is 10.3 Å². The maximum Gasteiger partial charge on any atom is 0.217 e. The summed E-state index contributed by atoms with van der Waals surface area (Å²) in [5.41, 5.74) is 1.47. The molecule has 3 nitrogen and oxygen atoms in total. The quantitative estimate of drug-likeness (QED) is 0.882.